The Morgan fingerprint density at radius 3 is 2.44 bits per heavy atom. The minimum atomic E-state index is -4.69. The maximum absolute atomic E-state index is 13.5. The van der Waals surface area contributed by atoms with Crippen molar-refractivity contribution < 1.29 is 44.2 Å². The molecule has 0 saturated carbocycles. The third-order valence-corrected chi connectivity index (χ3v) is 8.13. The Morgan fingerprint density at radius 1 is 1.05 bits per heavy atom. The number of sulfonamides is 1. The highest BCUT2D eigenvalue weighted by atomic mass is 32.2. The summed E-state index contributed by atoms with van der Waals surface area (Å²) in [6, 6.07) is 8.30. The molecule has 2 aromatic carbocycles. The summed E-state index contributed by atoms with van der Waals surface area (Å²) in [7, 11) is -4.22. The van der Waals surface area contributed by atoms with Crippen LogP contribution in [-0.4, -0.2) is 53.2 Å². The van der Waals surface area contributed by atoms with E-state index in [4.69, 9.17) is 14.6 Å². The molecule has 0 bridgehead atoms. The lowest BCUT2D eigenvalue weighted by Gasteiger charge is -2.24. The molecule has 15 heteroatoms. The van der Waals surface area contributed by atoms with Crippen LogP contribution >= 0.6 is 11.3 Å². The Bertz CT molecular complexity index is 1550. The van der Waals surface area contributed by atoms with E-state index in [9.17, 15) is 34.8 Å². The summed E-state index contributed by atoms with van der Waals surface area (Å²) in [6.45, 7) is -0.693. The standard InChI is InChI=1S/C26H25F6N3O4S2/c27-25(28,29)14-19-18-3-1-4-21(35-16-8-11-38-12-9-16)24(18)40-23(19)5-2-10-34-20-7-6-17(41(33,36)37)13-22(20)39-15-26(30,31)32/h1,3-4,6-7,13,16,34-35H,8-12,14-15H2,(H2,33,36,37). The molecule has 0 aliphatic carbocycles. The van der Waals surface area contributed by atoms with Crippen LogP contribution in [0.15, 0.2) is 41.3 Å². The minimum absolute atomic E-state index is 0.00856. The van der Waals surface area contributed by atoms with Gasteiger partial charge in [0, 0.05) is 25.3 Å². The van der Waals surface area contributed by atoms with Crippen LogP contribution in [0.4, 0.5) is 37.7 Å². The fourth-order valence-corrected chi connectivity index (χ4v) is 5.89. The highest BCUT2D eigenvalue weighted by Gasteiger charge is 2.31. The van der Waals surface area contributed by atoms with Gasteiger partial charge in [-0.15, -0.1) is 11.3 Å². The molecule has 0 atom stereocenters. The predicted molar refractivity (Wildman–Crippen MR) is 144 cm³/mol. The Kier molecular flexibility index (Phi) is 9.27. The molecule has 0 amide bonds. The molecule has 4 N–H and O–H groups in total. The van der Waals surface area contributed by atoms with Gasteiger partial charge in [-0.25, -0.2) is 13.6 Å². The van der Waals surface area contributed by atoms with Crippen molar-refractivity contribution in [1.82, 2.24) is 0 Å². The van der Waals surface area contributed by atoms with Crippen molar-refractivity contribution in [3.05, 3.63) is 46.8 Å². The molecule has 41 heavy (non-hydrogen) atoms. The lowest BCUT2D eigenvalue weighted by Crippen LogP contribution is -2.27. The van der Waals surface area contributed by atoms with E-state index in [-0.39, 0.29) is 28.7 Å². The van der Waals surface area contributed by atoms with E-state index in [0.717, 1.165) is 42.4 Å². The number of thiophene rings is 1. The topological polar surface area (TPSA) is 103 Å². The quantitative estimate of drug-likeness (QED) is 0.222. The van der Waals surface area contributed by atoms with Gasteiger partial charge in [-0.1, -0.05) is 24.0 Å². The number of halogens is 6. The van der Waals surface area contributed by atoms with Crippen molar-refractivity contribution in [2.75, 3.05) is 37.0 Å². The molecule has 0 radical (unpaired) electrons. The molecule has 0 unspecified atom stereocenters. The lowest BCUT2D eigenvalue weighted by molar-refractivity contribution is -0.153. The zero-order valence-corrected chi connectivity index (χ0v) is 22.9. The number of alkyl halides is 6. The van der Waals surface area contributed by atoms with Crippen molar-refractivity contribution in [2.45, 2.75) is 42.6 Å². The van der Waals surface area contributed by atoms with Gasteiger partial charge in [0.05, 0.1) is 38.8 Å². The molecule has 1 aliphatic rings. The molecule has 1 saturated heterocycles. The summed E-state index contributed by atoms with van der Waals surface area (Å²) in [4.78, 5) is -0.253. The van der Waals surface area contributed by atoms with Crippen LogP contribution in [0, 0.1) is 11.8 Å². The second-order valence-corrected chi connectivity index (χ2v) is 11.8. The smallest absolute Gasteiger partial charge is 0.422 e. The average molecular weight is 622 g/mol. The van der Waals surface area contributed by atoms with Crippen LogP contribution in [0.25, 0.3) is 10.1 Å². The first kappa shape index (κ1) is 30.8. The molecule has 1 aliphatic heterocycles. The molecule has 0 spiro atoms. The van der Waals surface area contributed by atoms with Gasteiger partial charge in [0.25, 0.3) is 0 Å². The Balaban J connectivity index is 1.60. The summed E-state index contributed by atoms with van der Waals surface area (Å²) < 4.78 is 113. The normalized spacial score (nSPS) is 14.9. The van der Waals surface area contributed by atoms with E-state index in [2.05, 4.69) is 22.5 Å². The highest BCUT2D eigenvalue weighted by Crippen LogP contribution is 2.39. The van der Waals surface area contributed by atoms with Crippen molar-refractivity contribution >= 4 is 42.8 Å². The Labute approximate surface area is 236 Å². The van der Waals surface area contributed by atoms with Gasteiger partial charge >= 0.3 is 12.4 Å². The molecule has 222 valence electrons. The number of hydrogen-bond donors (Lipinski definition) is 3. The number of nitrogens with two attached hydrogens (primary N) is 1. The SMILES string of the molecule is NS(=O)(=O)c1ccc(NCC#Cc2sc3c(NC4CCOCC4)cccc3c2CC(F)(F)F)c(OCC(F)(F)F)c1. The van der Waals surface area contributed by atoms with Crippen LogP contribution in [0.1, 0.15) is 23.3 Å². The summed E-state index contributed by atoms with van der Waals surface area (Å²) in [5, 5.41) is 11.6. The van der Waals surface area contributed by atoms with E-state index in [0.29, 0.717) is 29.0 Å². The van der Waals surface area contributed by atoms with Gasteiger partial charge in [0.2, 0.25) is 10.0 Å². The maximum Gasteiger partial charge on any atom is 0.422 e. The predicted octanol–water partition coefficient (Wildman–Crippen LogP) is 5.65. The first-order valence-corrected chi connectivity index (χ1v) is 14.6. The van der Waals surface area contributed by atoms with Gasteiger partial charge in [-0.3, -0.25) is 0 Å². The van der Waals surface area contributed by atoms with Gasteiger partial charge in [-0.2, -0.15) is 26.3 Å². The monoisotopic (exact) mass is 621 g/mol. The summed E-state index contributed by atoms with van der Waals surface area (Å²) >= 11 is 1.12. The minimum Gasteiger partial charge on any atom is -0.482 e. The number of hydrogen-bond acceptors (Lipinski definition) is 7. The van der Waals surface area contributed by atoms with Crippen LogP contribution in [0.2, 0.25) is 0 Å². The molecular formula is C26H25F6N3O4S2. The summed E-state index contributed by atoms with van der Waals surface area (Å²) in [5.74, 6) is 5.03. The molecule has 1 fully saturated rings. The zero-order valence-electron chi connectivity index (χ0n) is 21.3. The van der Waals surface area contributed by atoms with E-state index < -0.39 is 46.0 Å². The van der Waals surface area contributed by atoms with E-state index in [1.165, 1.54) is 0 Å². The lowest BCUT2D eigenvalue weighted by atomic mass is 10.1. The Hall–Kier alpha value is -3.19. The van der Waals surface area contributed by atoms with Gasteiger partial charge in [0.1, 0.15) is 5.75 Å². The largest absolute Gasteiger partial charge is 0.482 e. The van der Waals surface area contributed by atoms with E-state index in [1.54, 1.807) is 18.2 Å². The van der Waals surface area contributed by atoms with Crippen molar-refractivity contribution in [3.8, 4) is 17.6 Å². The third kappa shape index (κ3) is 8.65. The van der Waals surface area contributed by atoms with Crippen molar-refractivity contribution in [2.24, 2.45) is 5.14 Å². The molecular weight excluding hydrogens is 596 g/mol. The average Bonchev–Trinajstić information content (AvgIpc) is 3.22. The third-order valence-electron chi connectivity index (χ3n) is 6.02. The zero-order chi connectivity index (χ0) is 29.8. The highest BCUT2D eigenvalue weighted by molar-refractivity contribution is 7.89. The number of nitrogens with one attached hydrogen (secondary N) is 2. The number of rotatable bonds is 8. The first-order valence-electron chi connectivity index (χ1n) is 12.2. The number of benzene rings is 2. The van der Waals surface area contributed by atoms with E-state index in [1.807, 2.05) is 0 Å². The maximum atomic E-state index is 13.5. The summed E-state index contributed by atoms with van der Waals surface area (Å²) in [5.41, 5.74) is 0.730. The molecule has 3 aromatic rings. The second kappa shape index (κ2) is 12.4. The van der Waals surface area contributed by atoms with Crippen molar-refractivity contribution in [1.29, 1.82) is 0 Å². The fraction of sp³-hybridized carbons (Fsp3) is 0.385. The summed E-state index contributed by atoms with van der Waals surface area (Å²) in [6.07, 6.45) is -8.83. The molecule has 7 nitrogen and oxygen atoms in total. The first-order chi connectivity index (χ1) is 19.2. The van der Waals surface area contributed by atoms with Crippen LogP contribution < -0.4 is 20.5 Å². The number of primary sulfonamides is 1. The second-order valence-electron chi connectivity index (χ2n) is 9.18. The van der Waals surface area contributed by atoms with Crippen molar-refractivity contribution in [3.63, 3.8) is 0 Å². The van der Waals surface area contributed by atoms with Gasteiger partial charge in [0.15, 0.2) is 6.61 Å². The van der Waals surface area contributed by atoms with E-state index >= 15 is 0 Å². The number of ether oxygens (including phenoxy) is 2. The van der Waals surface area contributed by atoms with Gasteiger partial charge < -0.3 is 20.1 Å². The van der Waals surface area contributed by atoms with Crippen LogP contribution in [0.3, 0.4) is 0 Å². The Morgan fingerprint density at radius 2 is 1.78 bits per heavy atom. The van der Waals surface area contributed by atoms with Crippen LogP contribution in [-0.2, 0) is 21.2 Å². The molecule has 1 aromatic heterocycles. The molecule has 2 heterocycles. The van der Waals surface area contributed by atoms with Gasteiger partial charge in [-0.05, 0) is 42.0 Å². The number of anilines is 2. The molecule has 4 rings (SSSR count). The number of fused-ring (bicyclic) bond motifs is 1. The van der Waals surface area contributed by atoms with Crippen LogP contribution in [0.5, 0.6) is 5.75 Å². The fourth-order valence-electron chi connectivity index (χ4n) is 4.19.